The molecule has 6 nitrogen and oxygen atoms in total. The molecule has 3 rings (SSSR count). The Morgan fingerprint density at radius 2 is 1.83 bits per heavy atom. The maximum atomic E-state index is 12.5. The fourth-order valence-electron chi connectivity index (χ4n) is 2.69. The molecule has 2 heterocycles. The highest BCUT2D eigenvalue weighted by molar-refractivity contribution is 5.93. The van der Waals surface area contributed by atoms with Gasteiger partial charge in [0.05, 0.1) is 13.1 Å². The Morgan fingerprint density at radius 3 is 2.50 bits per heavy atom. The fraction of sp³-hybridized carbons (Fsp3) is 0.444. The van der Waals surface area contributed by atoms with Gasteiger partial charge in [0.25, 0.3) is 5.91 Å². The molecule has 0 spiro atoms. The van der Waals surface area contributed by atoms with Gasteiger partial charge in [0, 0.05) is 12.1 Å². The van der Waals surface area contributed by atoms with Crippen LogP contribution in [0.15, 0.2) is 41.7 Å². The first-order valence-electron chi connectivity index (χ1n) is 8.07. The quantitative estimate of drug-likeness (QED) is 0.794. The molecule has 0 N–H and O–H groups in total. The van der Waals surface area contributed by atoms with E-state index in [-0.39, 0.29) is 12.0 Å². The van der Waals surface area contributed by atoms with Crippen molar-refractivity contribution in [1.29, 1.82) is 0 Å². The van der Waals surface area contributed by atoms with Crippen LogP contribution in [0.1, 0.15) is 37.6 Å². The number of rotatable bonds is 1. The van der Waals surface area contributed by atoms with E-state index in [2.05, 4.69) is 0 Å². The molecule has 1 aromatic carbocycles. The Kier molecular flexibility index (Phi) is 4.22. The molecule has 0 bridgehead atoms. The van der Waals surface area contributed by atoms with Crippen molar-refractivity contribution in [2.75, 3.05) is 19.6 Å². The zero-order valence-corrected chi connectivity index (χ0v) is 14.2. The molecule has 0 aliphatic carbocycles. The lowest BCUT2D eigenvalue weighted by atomic mass is 10.1. The van der Waals surface area contributed by atoms with Gasteiger partial charge in [-0.1, -0.05) is 18.2 Å². The third-order valence-electron chi connectivity index (χ3n) is 3.87. The molecule has 6 heteroatoms. The van der Waals surface area contributed by atoms with Crippen LogP contribution in [-0.4, -0.2) is 47.2 Å². The summed E-state index contributed by atoms with van der Waals surface area (Å²) in [5, 5.41) is 1.36. The molecule has 2 aliphatic heterocycles. The summed E-state index contributed by atoms with van der Waals surface area (Å²) in [4.78, 5) is 32.0. The number of carbonyl (C=O) groups excluding carboxylic acids is 2. The van der Waals surface area contributed by atoms with E-state index in [1.165, 1.54) is 5.06 Å². The molecular formula is C18H22N2O4. The second-order valence-electron chi connectivity index (χ2n) is 6.98. The van der Waals surface area contributed by atoms with Gasteiger partial charge in [-0.15, -0.1) is 0 Å². The molecule has 128 valence electrons. The van der Waals surface area contributed by atoms with Gasteiger partial charge >= 0.3 is 6.09 Å². The highest BCUT2D eigenvalue weighted by Crippen LogP contribution is 2.28. The molecule has 0 fully saturated rings. The molecule has 2 aliphatic rings. The first-order chi connectivity index (χ1) is 11.3. The zero-order valence-electron chi connectivity index (χ0n) is 14.2. The van der Waals surface area contributed by atoms with E-state index in [9.17, 15) is 9.59 Å². The van der Waals surface area contributed by atoms with E-state index < -0.39 is 5.60 Å². The minimum absolute atomic E-state index is 0.172. The van der Waals surface area contributed by atoms with Crippen LogP contribution in [0.2, 0.25) is 0 Å². The summed E-state index contributed by atoms with van der Waals surface area (Å²) in [5.74, 6) is 0.505. The molecule has 24 heavy (non-hydrogen) atoms. The van der Waals surface area contributed by atoms with Gasteiger partial charge in [-0.05, 0) is 44.9 Å². The highest BCUT2D eigenvalue weighted by atomic mass is 16.7. The zero-order chi connectivity index (χ0) is 17.3. The van der Waals surface area contributed by atoms with Crippen molar-refractivity contribution < 1.29 is 19.2 Å². The molecule has 0 aromatic heterocycles. The van der Waals surface area contributed by atoms with E-state index in [0.717, 1.165) is 5.57 Å². The summed E-state index contributed by atoms with van der Waals surface area (Å²) in [6.07, 6.45) is 0.332. The SMILES string of the molecule is CC(C)(C)OC(=O)N1CCC2=C(C1)ON(C(=O)c1ccccc1)C2. The van der Waals surface area contributed by atoms with Crippen LogP contribution in [0.5, 0.6) is 0 Å². The van der Waals surface area contributed by atoms with Gasteiger partial charge in [0.2, 0.25) is 0 Å². The third kappa shape index (κ3) is 3.53. The first-order valence-corrected chi connectivity index (χ1v) is 8.07. The minimum atomic E-state index is -0.530. The van der Waals surface area contributed by atoms with Crippen LogP contribution in [0.3, 0.4) is 0 Å². The van der Waals surface area contributed by atoms with E-state index in [0.29, 0.717) is 37.4 Å². The standard InChI is InChI=1S/C18H22N2O4/c1-18(2,3)23-17(22)19-10-9-14-11-20(24-15(14)12-19)16(21)13-7-5-4-6-8-13/h4-8H,9-12H2,1-3H3. The van der Waals surface area contributed by atoms with Crippen molar-refractivity contribution in [3.8, 4) is 0 Å². The summed E-state index contributed by atoms with van der Waals surface area (Å²) in [5.41, 5.74) is 1.12. The average molecular weight is 330 g/mol. The summed E-state index contributed by atoms with van der Waals surface area (Å²) in [7, 11) is 0. The van der Waals surface area contributed by atoms with E-state index in [1.807, 2.05) is 39.0 Å². The Labute approximate surface area is 141 Å². The van der Waals surface area contributed by atoms with Crippen molar-refractivity contribution in [1.82, 2.24) is 9.96 Å². The Morgan fingerprint density at radius 1 is 1.12 bits per heavy atom. The topological polar surface area (TPSA) is 59.1 Å². The highest BCUT2D eigenvalue weighted by Gasteiger charge is 2.35. The predicted molar refractivity (Wildman–Crippen MR) is 88.0 cm³/mol. The van der Waals surface area contributed by atoms with Crippen molar-refractivity contribution in [3.63, 3.8) is 0 Å². The van der Waals surface area contributed by atoms with Crippen molar-refractivity contribution >= 4 is 12.0 Å². The lowest BCUT2D eigenvalue weighted by Crippen LogP contribution is -2.40. The van der Waals surface area contributed by atoms with E-state index >= 15 is 0 Å². The summed E-state index contributed by atoms with van der Waals surface area (Å²) in [6, 6.07) is 9.03. The number of nitrogens with zero attached hydrogens (tertiary/aromatic N) is 2. The number of hydrogen-bond acceptors (Lipinski definition) is 4. The summed E-state index contributed by atoms with van der Waals surface area (Å²) >= 11 is 0. The van der Waals surface area contributed by atoms with Crippen LogP contribution in [-0.2, 0) is 9.57 Å². The van der Waals surface area contributed by atoms with Crippen molar-refractivity contribution in [2.45, 2.75) is 32.8 Å². The molecule has 1 aromatic rings. The number of benzene rings is 1. The van der Waals surface area contributed by atoms with Gasteiger partial charge < -0.3 is 14.5 Å². The maximum Gasteiger partial charge on any atom is 0.410 e. The second kappa shape index (κ2) is 6.19. The molecular weight excluding hydrogens is 308 g/mol. The van der Waals surface area contributed by atoms with Gasteiger partial charge in [-0.2, -0.15) is 5.06 Å². The molecule has 0 radical (unpaired) electrons. The average Bonchev–Trinajstić information content (AvgIpc) is 2.96. The number of hydrogen-bond donors (Lipinski definition) is 0. The van der Waals surface area contributed by atoms with Gasteiger partial charge in [0.15, 0.2) is 5.76 Å². The fourth-order valence-corrected chi connectivity index (χ4v) is 2.69. The van der Waals surface area contributed by atoms with Crippen LogP contribution in [0.4, 0.5) is 4.79 Å². The second-order valence-corrected chi connectivity index (χ2v) is 6.98. The molecule has 0 atom stereocenters. The predicted octanol–water partition coefficient (Wildman–Crippen LogP) is 2.97. The van der Waals surface area contributed by atoms with Crippen LogP contribution >= 0.6 is 0 Å². The lowest BCUT2D eigenvalue weighted by Gasteiger charge is -2.29. The van der Waals surface area contributed by atoms with Gasteiger partial charge in [-0.25, -0.2) is 4.79 Å². The summed E-state index contributed by atoms with van der Waals surface area (Å²) < 4.78 is 5.40. The van der Waals surface area contributed by atoms with Crippen molar-refractivity contribution in [3.05, 3.63) is 47.2 Å². The number of carbonyl (C=O) groups is 2. The lowest BCUT2D eigenvalue weighted by molar-refractivity contribution is -0.0651. The van der Waals surface area contributed by atoms with Crippen LogP contribution in [0, 0.1) is 0 Å². The molecule has 2 amide bonds. The number of ether oxygens (including phenoxy) is 1. The maximum absolute atomic E-state index is 12.5. The largest absolute Gasteiger partial charge is 0.444 e. The van der Waals surface area contributed by atoms with Crippen LogP contribution in [0.25, 0.3) is 0 Å². The van der Waals surface area contributed by atoms with E-state index in [4.69, 9.17) is 9.57 Å². The number of amides is 2. The van der Waals surface area contributed by atoms with Crippen LogP contribution < -0.4 is 0 Å². The molecule has 0 saturated carbocycles. The smallest absolute Gasteiger partial charge is 0.410 e. The van der Waals surface area contributed by atoms with Gasteiger partial charge in [0.1, 0.15) is 5.60 Å². The Hall–Kier alpha value is -2.50. The molecule has 0 saturated heterocycles. The Bertz CT molecular complexity index is 676. The minimum Gasteiger partial charge on any atom is -0.444 e. The third-order valence-corrected chi connectivity index (χ3v) is 3.87. The summed E-state index contributed by atoms with van der Waals surface area (Å²) in [6.45, 7) is 6.88. The molecule has 0 unspecified atom stereocenters. The van der Waals surface area contributed by atoms with E-state index in [1.54, 1.807) is 17.0 Å². The monoisotopic (exact) mass is 330 g/mol. The normalized spacial score (nSPS) is 17.5. The van der Waals surface area contributed by atoms with Crippen molar-refractivity contribution in [2.24, 2.45) is 0 Å². The Balaban J connectivity index is 1.63. The van der Waals surface area contributed by atoms with Gasteiger partial charge in [-0.3, -0.25) is 4.79 Å². The number of hydroxylamine groups is 2. The first kappa shape index (κ1) is 16.4.